The number of hydrogen-bond donors (Lipinski definition) is 1. The number of morpholine rings is 1. The van der Waals surface area contributed by atoms with Crippen molar-refractivity contribution in [3.8, 4) is 5.88 Å². The van der Waals surface area contributed by atoms with Crippen LogP contribution >= 0.6 is 0 Å². The first-order valence-electron chi connectivity index (χ1n) is 11.3. The quantitative estimate of drug-likeness (QED) is 0.571. The average Bonchev–Trinajstić information content (AvgIpc) is 2.78. The second kappa shape index (κ2) is 11.1. The van der Waals surface area contributed by atoms with Crippen LogP contribution < -0.4 is 10.1 Å². The van der Waals surface area contributed by atoms with Gasteiger partial charge in [-0.05, 0) is 38.5 Å². The van der Waals surface area contributed by atoms with Crippen molar-refractivity contribution in [3.63, 3.8) is 0 Å². The van der Waals surface area contributed by atoms with Gasteiger partial charge >= 0.3 is 6.18 Å². The van der Waals surface area contributed by atoms with E-state index in [9.17, 15) is 26.4 Å². The Labute approximate surface area is 197 Å². The first-order valence-corrected chi connectivity index (χ1v) is 13.1. The summed E-state index contributed by atoms with van der Waals surface area (Å²) in [6.45, 7) is 3.30. The lowest BCUT2D eigenvalue weighted by Gasteiger charge is -2.31. The highest BCUT2D eigenvalue weighted by Crippen LogP contribution is 2.29. The Morgan fingerprint density at radius 3 is 2.62 bits per heavy atom. The Balaban J connectivity index is 1.53. The molecule has 1 saturated heterocycles. The maximum absolute atomic E-state index is 12.9. The van der Waals surface area contributed by atoms with Gasteiger partial charge < -0.3 is 19.7 Å². The molecule has 1 N–H and O–H groups in total. The molecule has 13 heteroatoms. The molecule has 1 aromatic heterocycles. The van der Waals surface area contributed by atoms with Crippen LogP contribution in [0.5, 0.6) is 5.88 Å². The van der Waals surface area contributed by atoms with Crippen molar-refractivity contribution in [2.24, 2.45) is 5.92 Å². The molecule has 0 radical (unpaired) electrons. The molecule has 9 nitrogen and oxygen atoms in total. The Bertz CT molecular complexity index is 952. The van der Waals surface area contributed by atoms with Crippen molar-refractivity contribution in [1.82, 2.24) is 14.9 Å². The van der Waals surface area contributed by atoms with E-state index in [1.807, 2.05) is 6.92 Å². The molecule has 0 spiro atoms. The number of ether oxygens (including phenoxy) is 2. The van der Waals surface area contributed by atoms with Gasteiger partial charge in [0.05, 0.1) is 37.7 Å². The number of anilines is 1. The topological polar surface area (TPSA) is 111 Å². The number of amides is 1. The van der Waals surface area contributed by atoms with Crippen molar-refractivity contribution in [2.45, 2.75) is 57.3 Å². The van der Waals surface area contributed by atoms with E-state index in [4.69, 9.17) is 9.47 Å². The van der Waals surface area contributed by atoms with Crippen LogP contribution in [-0.4, -0.2) is 85.8 Å². The third kappa shape index (κ3) is 7.69. The Morgan fingerprint density at radius 1 is 1.29 bits per heavy atom. The monoisotopic (exact) mass is 508 g/mol. The highest BCUT2D eigenvalue weighted by atomic mass is 32.2. The zero-order valence-corrected chi connectivity index (χ0v) is 20.1. The van der Waals surface area contributed by atoms with E-state index >= 15 is 0 Å². The molecule has 2 heterocycles. The number of nitrogens with zero attached hydrogens (tertiary/aromatic N) is 3. The van der Waals surface area contributed by atoms with E-state index in [1.165, 1.54) is 13.3 Å². The fourth-order valence-corrected chi connectivity index (χ4v) is 6.04. The minimum atomic E-state index is -4.48. The van der Waals surface area contributed by atoms with Gasteiger partial charge in [0.2, 0.25) is 11.8 Å². The molecule has 1 amide bonds. The normalized spacial score (nSPS) is 24.0. The molecule has 2 fully saturated rings. The van der Waals surface area contributed by atoms with E-state index < -0.39 is 28.2 Å². The van der Waals surface area contributed by atoms with E-state index in [0.29, 0.717) is 51.3 Å². The second-order valence-corrected chi connectivity index (χ2v) is 11.1. The van der Waals surface area contributed by atoms with Crippen molar-refractivity contribution in [3.05, 3.63) is 11.8 Å². The summed E-state index contributed by atoms with van der Waals surface area (Å²) in [5.74, 6) is -1.03. The second-order valence-electron chi connectivity index (χ2n) is 8.89. The lowest BCUT2D eigenvalue weighted by Crippen LogP contribution is -2.44. The lowest BCUT2D eigenvalue weighted by atomic mass is 9.87. The van der Waals surface area contributed by atoms with Crippen molar-refractivity contribution in [1.29, 1.82) is 0 Å². The zero-order valence-electron chi connectivity index (χ0n) is 19.3. The molecule has 2 aliphatic rings. The summed E-state index contributed by atoms with van der Waals surface area (Å²) in [7, 11) is -2.33. The molecule has 1 aliphatic carbocycles. The van der Waals surface area contributed by atoms with E-state index in [2.05, 4.69) is 15.3 Å². The first-order chi connectivity index (χ1) is 16.0. The molecule has 1 aliphatic heterocycles. The van der Waals surface area contributed by atoms with Crippen LogP contribution in [-0.2, 0) is 14.6 Å². The van der Waals surface area contributed by atoms with Gasteiger partial charge in [-0.3, -0.25) is 4.79 Å². The minimum Gasteiger partial charge on any atom is -0.480 e. The summed E-state index contributed by atoms with van der Waals surface area (Å²) in [5.41, 5.74) is 0.259. The number of rotatable bonds is 8. The SMILES string of the molecule is COc1nc(NC2CCC(CS(=O)(=O)CCC(F)(F)F)CC2)ncc1C(=O)N1CCOC(C)C1. The molecule has 3 rings (SSSR count). The number of hydrogen-bond acceptors (Lipinski definition) is 8. The molecule has 1 atom stereocenters. The van der Waals surface area contributed by atoms with Gasteiger partial charge in [0.1, 0.15) is 5.56 Å². The van der Waals surface area contributed by atoms with Crippen LogP contribution in [0, 0.1) is 5.92 Å². The number of sulfone groups is 1. The Kier molecular flexibility index (Phi) is 8.61. The number of aromatic nitrogens is 2. The molecule has 0 aromatic carbocycles. The minimum absolute atomic E-state index is 0.0134. The third-order valence-corrected chi connectivity index (χ3v) is 7.88. The summed E-state index contributed by atoms with van der Waals surface area (Å²) in [6, 6.07) is -0.0134. The van der Waals surface area contributed by atoms with Gasteiger partial charge in [-0.25, -0.2) is 13.4 Å². The Hall–Kier alpha value is -2.15. The molecule has 0 bridgehead atoms. The van der Waals surface area contributed by atoms with Crippen molar-refractivity contribution in [2.75, 3.05) is 43.6 Å². The van der Waals surface area contributed by atoms with Crippen LogP contribution in [0.2, 0.25) is 0 Å². The predicted octanol–water partition coefficient (Wildman–Crippen LogP) is 2.68. The molecular formula is C21H31F3N4O5S. The average molecular weight is 509 g/mol. The van der Waals surface area contributed by atoms with Gasteiger partial charge in [0, 0.05) is 25.3 Å². The molecule has 1 saturated carbocycles. The van der Waals surface area contributed by atoms with Crippen molar-refractivity contribution < 1.29 is 35.9 Å². The van der Waals surface area contributed by atoms with Crippen LogP contribution in [0.25, 0.3) is 0 Å². The lowest BCUT2D eigenvalue weighted by molar-refractivity contribution is -0.129. The fraction of sp³-hybridized carbons (Fsp3) is 0.762. The smallest absolute Gasteiger partial charge is 0.390 e. The number of halogens is 3. The number of methoxy groups -OCH3 is 1. The number of alkyl halides is 3. The maximum Gasteiger partial charge on any atom is 0.390 e. The number of carbonyl (C=O) groups excluding carboxylic acids is 1. The Morgan fingerprint density at radius 2 is 2.00 bits per heavy atom. The van der Waals surface area contributed by atoms with Crippen LogP contribution in [0.4, 0.5) is 19.1 Å². The summed E-state index contributed by atoms with van der Waals surface area (Å²) < 4.78 is 71.8. The number of carbonyl (C=O) groups is 1. The first kappa shape index (κ1) is 26.5. The van der Waals surface area contributed by atoms with E-state index in [1.54, 1.807) is 4.90 Å². The number of nitrogens with one attached hydrogen (secondary N) is 1. The van der Waals surface area contributed by atoms with E-state index in [0.717, 1.165) is 0 Å². The van der Waals surface area contributed by atoms with Gasteiger partial charge in [-0.2, -0.15) is 18.2 Å². The molecule has 1 aromatic rings. The summed E-state index contributed by atoms with van der Waals surface area (Å²) in [6.07, 6.45) is -1.99. The molecule has 34 heavy (non-hydrogen) atoms. The van der Waals surface area contributed by atoms with Crippen LogP contribution in [0.1, 0.15) is 49.4 Å². The summed E-state index contributed by atoms with van der Waals surface area (Å²) in [5, 5.41) is 3.19. The molecule has 1 unspecified atom stereocenters. The summed E-state index contributed by atoms with van der Waals surface area (Å²) >= 11 is 0. The largest absolute Gasteiger partial charge is 0.480 e. The summed E-state index contributed by atoms with van der Waals surface area (Å²) in [4.78, 5) is 23.1. The maximum atomic E-state index is 12.9. The zero-order chi connectivity index (χ0) is 24.9. The van der Waals surface area contributed by atoms with Crippen LogP contribution in [0.15, 0.2) is 6.20 Å². The van der Waals surface area contributed by atoms with Crippen molar-refractivity contribution >= 4 is 21.7 Å². The highest BCUT2D eigenvalue weighted by molar-refractivity contribution is 7.91. The van der Waals surface area contributed by atoms with Gasteiger partial charge in [0.15, 0.2) is 9.84 Å². The van der Waals surface area contributed by atoms with Gasteiger partial charge in [-0.15, -0.1) is 0 Å². The standard InChI is InChI=1S/C21H31F3N4O5S/c1-14-12-28(8-9-33-14)19(29)17-11-25-20(27-18(17)32-2)26-16-5-3-15(4-6-16)13-34(30,31)10-7-21(22,23)24/h11,14-16H,3-10,12-13H2,1-2H3,(H,25,26,27). The van der Waals surface area contributed by atoms with Gasteiger partial charge in [0.25, 0.3) is 5.91 Å². The molecule has 192 valence electrons. The van der Waals surface area contributed by atoms with Gasteiger partial charge in [-0.1, -0.05) is 0 Å². The third-order valence-electron chi connectivity index (χ3n) is 6.07. The van der Waals surface area contributed by atoms with E-state index in [-0.39, 0.29) is 41.2 Å². The predicted molar refractivity (Wildman–Crippen MR) is 119 cm³/mol. The molecular weight excluding hydrogens is 477 g/mol. The fourth-order valence-electron chi connectivity index (χ4n) is 4.28. The highest BCUT2D eigenvalue weighted by Gasteiger charge is 2.32. The van der Waals surface area contributed by atoms with Crippen LogP contribution in [0.3, 0.4) is 0 Å².